The number of aliphatic hydroxyl groups excluding tert-OH is 1. The summed E-state index contributed by atoms with van der Waals surface area (Å²) in [7, 11) is 11.1. The molecule has 0 spiro atoms. The standard InChI is InChI=1S/C11H7B2BrFNO3/c12-11(13,3-17)6-9(18)4-1-2-5(14)7(15)8(4)16-10(6)19/h1-2,17H,3H2,(H2,16,18,19). The molecule has 0 unspecified atom stereocenters. The molecule has 2 rings (SSSR count). The van der Waals surface area contributed by atoms with E-state index < -0.39 is 34.5 Å². The van der Waals surface area contributed by atoms with Gasteiger partial charge in [-0.3, -0.25) is 4.79 Å². The van der Waals surface area contributed by atoms with Crippen LogP contribution in [0.4, 0.5) is 4.39 Å². The molecular formula is C11H7B2BrFNO3. The first-order valence-corrected chi connectivity index (χ1v) is 6.01. The molecule has 8 heteroatoms. The van der Waals surface area contributed by atoms with Gasteiger partial charge >= 0.3 is 0 Å². The average Bonchev–Trinajstić information content (AvgIpc) is 2.34. The zero-order valence-electron chi connectivity index (χ0n) is 9.58. The molecule has 0 saturated heterocycles. The second kappa shape index (κ2) is 4.68. The van der Waals surface area contributed by atoms with Crippen molar-refractivity contribution < 1.29 is 14.6 Å². The molecule has 0 aliphatic heterocycles. The van der Waals surface area contributed by atoms with Crippen molar-refractivity contribution in [3.05, 3.63) is 38.3 Å². The Hall–Kier alpha value is -1.27. The fourth-order valence-corrected chi connectivity index (χ4v) is 2.13. The molecule has 4 nitrogen and oxygen atoms in total. The van der Waals surface area contributed by atoms with E-state index in [1.54, 1.807) is 0 Å². The molecule has 19 heavy (non-hydrogen) atoms. The Kier molecular flexibility index (Phi) is 3.49. The maximum atomic E-state index is 13.8. The molecule has 0 aliphatic carbocycles. The first-order chi connectivity index (χ1) is 8.79. The van der Waals surface area contributed by atoms with Gasteiger partial charge in [0.15, 0.2) is 5.82 Å². The average molecular weight is 322 g/mol. The number of rotatable bonds is 2. The molecule has 0 atom stereocenters. The molecule has 1 aromatic heterocycles. The first kappa shape index (κ1) is 14.1. The van der Waals surface area contributed by atoms with Crippen molar-refractivity contribution in [1.29, 1.82) is 0 Å². The van der Waals surface area contributed by atoms with Gasteiger partial charge in [0.25, 0.3) is 5.56 Å². The van der Waals surface area contributed by atoms with E-state index in [4.69, 9.17) is 20.8 Å². The van der Waals surface area contributed by atoms with Crippen LogP contribution in [0.15, 0.2) is 21.4 Å². The van der Waals surface area contributed by atoms with E-state index in [-0.39, 0.29) is 15.4 Å². The predicted molar refractivity (Wildman–Crippen MR) is 74.2 cm³/mol. The lowest BCUT2D eigenvalue weighted by molar-refractivity contribution is 0.276. The molecule has 94 valence electrons. The van der Waals surface area contributed by atoms with E-state index >= 15 is 0 Å². The zero-order valence-corrected chi connectivity index (χ0v) is 11.2. The molecule has 3 N–H and O–H groups in total. The topological polar surface area (TPSA) is 73.3 Å². The summed E-state index contributed by atoms with van der Waals surface area (Å²) in [5, 5.41) is 17.2. The van der Waals surface area contributed by atoms with Gasteiger partial charge in [-0.25, -0.2) is 4.39 Å². The fraction of sp³-hybridized carbons (Fsp3) is 0.182. The molecule has 0 saturated carbocycles. The van der Waals surface area contributed by atoms with Crippen LogP contribution >= 0.6 is 15.9 Å². The van der Waals surface area contributed by atoms with Crippen LogP contribution in [0.5, 0.6) is 5.75 Å². The lowest BCUT2D eigenvalue weighted by Gasteiger charge is -2.23. The van der Waals surface area contributed by atoms with E-state index in [1.807, 2.05) is 0 Å². The number of fused-ring (bicyclic) bond motifs is 1. The fourth-order valence-electron chi connectivity index (χ4n) is 1.80. The number of H-pyrrole nitrogens is 1. The van der Waals surface area contributed by atoms with Gasteiger partial charge in [0.05, 0.1) is 31.2 Å². The number of hydrogen-bond donors (Lipinski definition) is 3. The Bertz CT molecular complexity index is 717. The maximum absolute atomic E-state index is 13.8. The van der Waals surface area contributed by atoms with Crippen LogP contribution in [0.2, 0.25) is 0 Å². The highest BCUT2D eigenvalue weighted by atomic mass is 79.9. The van der Waals surface area contributed by atoms with Crippen molar-refractivity contribution >= 4 is 42.5 Å². The highest BCUT2D eigenvalue weighted by molar-refractivity contribution is 9.10. The van der Waals surface area contributed by atoms with Crippen molar-refractivity contribution in [3.8, 4) is 5.75 Å². The van der Waals surface area contributed by atoms with Crippen molar-refractivity contribution in [2.24, 2.45) is 0 Å². The third-order valence-corrected chi connectivity index (χ3v) is 3.39. The van der Waals surface area contributed by atoms with Gasteiger partial charge in [0.1, 0.15) is 5.75 Å². The summed E-state index contributed by atoms with van der Waals surface area (Å²) in [5.41, 5.74) is -1.43. The summed E-state index contributed by atoms with van der Waals surface area (Å²) < 4.78 is 14.0. The third kappa shape index (κ3) is 2.19. The number of benzene rings is 1. The number of nitrogens with one attached hydrogen (secondary N) is 1. The number of aliphatic hydroxyl groups is 1. The Morgan fingerprint density at radius 3 is 2.63 bits per heavy atom. The van der Waals surface area contributed by atoms with Gasteiger partial charge in [-0.1, -0.05) is 0 Å². The summed E-state index contributed by atoms with van der Waals surface area (Å²) in [6.45, 7) is -0.756. The molecule has 4 radical (unpaired) electrons. The van der Waals surface area contributed by atoms with E-state index in [0.29, 0.717) is 0 Å². The lowest BCUT2D eigenvalue weighted by Crippen LogP contribution is -2.37. The van der Waals surface area contributed by atoms with Gasteiger partial charge in [-0.2, -0.15) is 0 Å². The molecule has 0 aliphatic rings. The van der Waals surface area contributed by atoms with Gasteiger partial charge in [0, 0.05) is 12.0 Å². The normalized spacial score (nSPS) is 11.9. The molecule has 2 aromatic rings. The molecule has 0 amide bonds. The van der Waals surface area contributed by atoms with Crippen LogP contribution in [0.3, 0.4) is 0 Å². The number of aromatic nitrogens is 1. The SMILES string of the molecule is [B]C([B])(CO)c1c(O)c2ccc(Br)c(F)c2[nH]c1=O. The van der Waals surface area contributed by atoms with E-state index in [0.717, 1.165) is 0 Å². The van der Waals surface area contributed by atoms with Crippen LogP contribution in [0, 0.1) is 5.82 Å². The number of aromatic amines is 1. The van der Waals surface area contributed by atoms with Crippen molar-refractivity contribution in [2.75, 3.05) is 6.61 Å². The number of aromatic hydroxyl groups is 1. The smallest absolute Gasteiger partial charge is 0.254 e. The van der Waals surface area contributed by atoms with Crippen molar-refractivity contribution in [2.45, 2.75) is 5.21 Å². The van der Waals surface area contributed by atoms with Crippen LogP contribution in [0.25, 0.3) is 10.9 Å². The molecule has 1 aromatic carbocycles. The summed E-state index contributed by atoms with van der Waals surface area (Å²) in [6, 6.07) is 2.76. The largest absolute Gasteiger partial charge is 0.507 e. The van der Waals surface area contributed by atoms with Gasteiger partial charge < -0.3 is 15.2 Å². The lowest BCUT2D eigenvalue weighted by atomic mass is 9.51. The van der Waals surface area contributed by atoms with Crippen molar-refractivity contribution in [1.82, 2.24) is 4.98 Å². The second-order valence-electron chi connectivity index (χ2n) is 4.16. The highest BCUT2D eigenvalue weighted by Crippen LogP contribution is 2.33. The summed E-state index contributed by atoms with van der Waals surface area (Å²) in [5.74, 6) is -1.27. The minimum atomic E-state index is -1.92. The van der Waals surface area contributed by atoms with Gasteiger partial charge in [-0.15, -0.1) is 0 Å². The summed E-state index contributed by atoms with van der Waals surface area (Å²) >= 11 is 2.97. The van der Waals surface area contributed by atoms with Gasteiger partial charge in [0.2, 0.25) is 0 Å². The van der Waals surface area contributed by atoms with E-state index in [1.165, 1.54) is 12.1 Å². The molecule has 0 fully saturated rings. The van der Waals surface area contributed by atoms with E-state index in [9.17, 15) is 14.3 Å². The Morgan fingerprint density at radius 2 is 2.05 bits per heavy atom. The van der Waals surface area contributed by atoms with Gasteiger partial charge in [-0.05, 0) is 33.3 Å². The number of hydrogen-bond acceptors (Lipinski definition) is 3. The molecule has 0 bridgehead atoms. The summed E-state index contributed by atoms with van der Waals surface area (Å²) in [6.07, 6.45) is 0. The van der Waals surface area contributed by atoms with Crippen molar-refractivity contribution in [3.63, 3.8) is 0 Å². The maximum Gasteiger partial charge on any atom is 0.254 e. The van der Waals surface area contributed by atoms with Crippen LogP contribution in [0.1, 0.15) is 5.56 Å². The Labute approximate surface area is 118 Å². The Morgan fingerprint density at radius 1 is 1.42 bits per heavy atom. The zero-order chi connectivity index (χ0) is 14.4. The minimum absolute atomic E-state index is 0.0454. The Balaban J connectivity index is 2.93. The van der Waals surface area contributed by atoms with Crippen LogP contribution in [-0.2, 0) is 5.21 Å². The number of halogens is 2. The summed E-state index contributed by atoms with van der Waals surface area (Å²) in [4.78, 5) is 14.1. The van der Waals surface area contributed by atoms with Crippen LogP contribution < -0.4 is 5.56 Å². The predicted octanol–water partition coefficient (Wildman–Crippen LogP) is 0.617. The monoisotopic (exact) mass is 321 g/mol. The molecule has 1 heterocycles. The van der Waals surface area contributed by atoms with E-state index in [2.05, 4.69) is 20.9 Å². The first-order valence-electron chi connectivity index (χ1n) is 5.21. The molecular weight excluding hydrogens is 315 g/mol. The van der Waals surface area contributed by atoms with Crippen LogP contribution in [-0.4, -0.2) is 37.5 Å². The number of pyridine rings is 1. The second-order valence-corrected chi connectivity index (χ2v) is 5.01. The highest BCUT2D eigenvalue weighted by Gasteiger charge is 2.27. The third-order valence-electron chi connectivity index (χ3n) is 2.78. The quantitative estimate of drug-likeness (QED) is 0.710. The minimum Gasteiger partial charge on any atom is -0.507 e.